The third-order valence-corrected chi connectivity index (χ3v) is 5.59. The lowest BCUT2D eigenvalue weighted by molar-refractivity contribution is -0.136. The Bertz CT molecular complexity index is 866. The van der Waals surface area contributed by atoms with Crippen LogP contribution in [0.25, 0.3) is 10.8 Å². The van der Waals surface area contributed by atoms with Crippen LogP contribution >= 0.6 is 24.4 Å². The molecule has 1 fully saturated rings. The minimum absolute atomic E-state index is 0.207. The molecular weight excluding hydrogens is 340 g/mol. The minimum Gasteiger partial charge on any atom is -0.480 e. The molecule has 0 radical (unpaired) electrons. The topological polar surface area (TPSA) is 43.8 Å². The largest absolute Gasteiger partial charge is 0.480 e. The van der Waals surface area contributed by atoms with E-state index in [0.717, 1.165) is 35.0 Å². The average molecular weight is 356 g/mol. The van der Waals surface area contributed by atoms with Crippen molar-refractivity contribution >= 4 is 56.8 Å². The van der Waals surface area contributed by atoms with Crippen LogP contribution in [0, 0.1) is 0 Å². The Morgan fingerprint density at radius 3 is 2.38 bits per heavy atom. The van der Waals surface area contributed by atoms with Gasteiger partial charge in [0.15, 0.2) is 0 Å². The van der Waals surface area contributed by atoms with Gasteiger partial charge in [0.2, 0.25) is 0 Å². The van der Waals surface area contributed by atoms with Gasteiger partial charge >= 0.3 is 5.97 Å². The first kappa shape index (κ1) is 15.5. The maximum absolute atomic E-state index is 11.2. The Balaban J connectivity index is 1.92. The molecule has 1 N–H and O–H groups in total. The van der Waals surface area contributed by atoms with Crippen LogP contribution in [-0.2, 0) is 4.79 Å². The van der Waals surface area contributed by atoms with Crippen LogP contribution in [-0.4, -0.2) is 45.6 Å². The Morgan fingerprint density at radius 2 is 1.71 bits per heavy atom. The van der Waals surface area contributed by atoms with Gasteiger partial charge in [0.05, 0.1) is 0 Å². The molecule has 0 bridgehead atoms. The lowest BCUT2D eigenvalue weighted by Gasteiger charge is -2.32. The number of carboxylic acids is 1. The number of hydrogen-bond acceptors (Lipinski definition) is 4. The molecule has 2 heterocycles. The van der Waals surface area contributed by atoms with E-state index in [0.29, 0.717) is 9.98 Å². The molecule has 0 atom stereocenters. The predicted octanol–water partition coefficient (Wildman–Crippen LogP) is 3.19. The quantitative estimate of drug-likeness (QED) is 0.852. The van der Waals surface area contributed by atoms with E-state index in [-0.39, 0.29) is 6.54 Å². The molecular formula is C18H16N2O2S2. The molecule has 0 spiro atoms. The summed E-state index contributed by atoms with van der Waals surface area (Å²) in [4.78, 5) is 16.1. The van der Waals surface area contributed by atoms with Crippen molar-refractivity contribution in [2.45, 2.75) is 12.8 Å². The third-order valence-electron chi connectivity index (χ3n) is 4.71. The Hall–Kier alpha value is -2.05. The number of nitrogens with zero attached hydrogens (tertiary/aromatic N) is 2. The third kappa shape index (κ3) is 2.29. The highest BCUT2D eigenvalue weighted by molar-refractivity contribution is 7.82. The fraction of sp³-hybridized carbons (Fsp3) is 0.278. The van der Waals surface area contributed by atoms with Crippen LogP contribution in [0.2, 0.25) is 0 Å². The molecule has 2 aliphatic rings. The summed E-state index contributed by atoms with van der Waals surface area (Å²) in [5.41, 5.74) is 3.01. The molecule has 2 aromatic rings. The molecule has 2 aromatic carbocycles. The molecule has 4 nitrogen and oxygen atoms in total. The lowest BCUT2D eigenvalue weighted by Crippen LogP contribution is -2.42. The van der Waals surface area contributed by atoms with Crippen LogP contribution in [0.15, 0.2) is 30.3 Å². The van der Waals surface area contributed by atoms with E-state index in [1.807, 2.05) is 18.2 Å². The SMILES string of the molecule is O=C(O)CN1C(=S)c2cccc3c(N4CCCC4)ccc(c23)C1=S. The Kier molecular flexibility index (Phi) is 3.73. The average Bonchev–Trinajstić information content (AvgIpc) is 3.10. The number of rotatable bonds is 3. The zero-order chi connectivity index (χ0) is 16.8. The molecule has 122 valence electrons. The van der Waals surface area contributed by atoms with Crippen LogP contribution in [0.4, 0.5) is 5.69 Å². The van der Waals surface area contributed by atoms with Crippen LogP contribution in [0.3, 0.4) is 0 Å². The van der Waals surface area contributed by atoms with E-state index in [4.69, 9.17) is 29.5 Å². The number of anilines is 1. The van der Waals surface area contributed by atoms with Gasteiger partial charge in [-0.1, -0.05) is 42.6 Å². The number of hydrogen-bond donors (Lipinski definition) is 1. The summed E-state index contributed by atoms with van der Waals surface area (Å²) in [7, 11) is 0. The van der Waals surface area contributed by atoms with Gasteiger partial charge in [0.1, 0.15) is 16.5 Å². The highest BCUT2D eigenvalue weighted by Crippen LogP contribution is 2.37. The van der Waals surface area contributed by atoms with E-state index < -0.39 is 5.97 Å². The first-order valence-corrected chi connectivity index (χ1v) is 8.78. The Labute approximate surface area is 150 Å². The second-order valence-corrected chi connectivity index (χ2v) is 6.92. The summed E-state index contributed by atoms with van der Waals surface area (Å²) in [5.74, 6) is -0.941. The normalized spacial score (nSPS) is 17.0. The molecule has 2 aliphatic heterocycles. The van der Waals surface area contributed by atoms with Gasteiger partial charge in [0, 0.05) is 40.7 Å². The summed E-state index contributed by atoms with van der Waals surface area (Å²) >= 11 is 11.1. The zero-order valence-corrected chi connectivity index (χ0v) is 14.6. The first-order chi connectivity index (χ1) is 11.6. The number of benzene rings is 2. The molecule has 4 rings (SSSR count). The second-order valence-electron chi connectivity index (χ2n) is 6.14. The van der Waals surface area contributed by atoms with Crippen molar-refractivity contribution in [1.82, 2.24) is 4.90 Å². The van der Waals surface area contributed by atoms with Crippen molar-refractivity contribution in [3.8, 4) is 0 Å². The van der Waals surface area contributed by atoms with Crippen molar-refractivity contribution in [3.63, 3.8) is 0 Å². The van der Waals surface area contributed by atoms with Gasteiger partial charge in [-0.2, -0.15) is 0 Å². The molecule has 0 aromatic heterocycles. The minimum atomic E-state index is -0.941. The van der Waals surface area contributed by atoms with Gasteiger partial charge in [-0.15, -0.1) is 0 Å². The predicted molar refractivity (Wildman–Crippen MR) is 103 cm³/mol. The van der Waals surface area contributed by atoms with E-state index in [1.165, 1.54) is 18.5 Å². The van der Waals surface area contributed by atoms with E-state index in [9.17, 15) is 4.79 Å². The summed E-state index contributed by atoms with van der Waals surface area (Å²) in [6.45, 7) is 1.93. The molecule has 6 heteroatoms. The van der Waals surface area contributed by atoms with E-state index in [1.54, 1.807) is 4.90 Å². The smallest absolute Gasteiger partial charge is 0.323 e. The number of thiocarbonyl (C=S) groups is 2. The summed E-state index contributed by atoms with van der Waals surface area (Å²) in [6, 6.07) is 10.2. The van der Waals surface area contributed by atoms with Gasteiger partial charge < -0.3 is 14.9 Å². The van der Waals surface area contributed by atoms with Crippen LogP contribution in [0.5, 0.6) is 0 Å². The molecule has 0 aliphatic carbocycles. The maximum atomic E-state index is 11.2. The maximum Gasteiger partial charge on any atom is 0.323 e. The zero-order valence-electron chi connectivity index (χ0n) is 13.0. The highest BCUT2D eigenvalue weighted by Gasteiger charge is 2.30. The van der Waals surface area contributed by atoms with Crippen molar-refractivity contribution in [1.29, 1.82) is 0 Å². The summed E-state index contributed by atoms with van der Waals surface area (Å²) in [6.07, 6.45) is 2.43. The Morgan fingerprint density at radius 1 is 1.04 bits per heavy atom. The van der Waals surface area contributed by atoms with E-state index >= 15 is 0 Å². The molecule has 24 heavy (non-hydrogen) atoms. The lowest BCUT2D eigenvalue weighted by atomic mass is 9.93. The van der Waals surface area contributed by atoms with Crippen molar-refractivity contribution in [3.05, 3.63) is 41.5 Å². The molecule has 0 unspecified atom stereocenters. The van der Waals surface area contributed by atoms with Gasteiger partial charge in [-0.3, -0.25) is 4.79 Å². The fourth-order valence-electron chi connectivity index (χ4n) is 3.64. The van der Waals surface area contributed by atoms with Crippen molar-refractivity contribution in [2.24, 2.45) is 0 Å². The molecule has 0 amide bonds. The van der Waals surface area contributed by atoms with Crippen molar-refractivity contribution < 1.29 is 9.90 Å². The van der Waals surface area contributed by atoms with Gasteiger partial charge in [-0.25, -0.2) is 0 Å². The molecule has 0 saturated carbocycles. The monoisotopic (exact) mass is 356 g/mol. The standard InChI is InChI=1S/C18H16N2O2S2/c21-15(22)10-20-17(23)12-5-3-4-11-14(19-8-1-2-9-19)7-6-13(16(11)12)18(20)24/h3-7H,1-2,8-10H2,(H,21,22). The number of aliphatic carboxylic acids is 1. The fourth-order valence-corrected chi connectivity index (χ4v) is 4.35. The summed E-state index contributed by atoms with van der Waals surface area (Å²) < 4.78 is 0. The highest BCUT2D eigenvalue weighted by atomic mass is 32.1. The van der Waals surface area contributed by atoms with Crippen molar-refractivity contribution in [2.75, 3.05) is 24.5 Å². The van der Waals surface area contributed by atoms with Crippen LogP contribution in [0.1, 0.15) is 24.0 Å². The molecule has 1 saturated heterocycles. The summed E-state index contributed by atoms with van der Waals surface area (Å²) in [5, 5.41) is 11.4. The van der Waals surface area contributed by atoms with Crippen LogP contribution < -0.4 is 4.90 Å². The van der Waals surface area contributed by atoms with Gasteiger partial charge in [0.25, 0.3) is 0 Å². The number of carbonyl (C=O) groups is 1. The number of carboxylic acid groups (broad SMARTS) is 1. The second kappa shape index (κ2) is 5.79. The van der Waals surface area contributed by atoms with Gasteiger partial charge in [-0.05, 0) is 25.0 Å². The first-order valence-electron chi connectivity index (χ1n) is 7.96. The van der Waals surface area contributed by atoms with E-state index in [2.05, 4.69) is 17.0 Å².